The van der Waals surface area contributed by atoms with Gasteiger partial charge in [-0.2, -0.15) is 0 Å². The van der Waals surface area contributed by atoms with Crippen LogP contribution in [0.1, 0.15) is 47.2 Å². The lowest BCUT2D eigenvalue weighted by molar-refractivity contribution is 0.415. The van der Waals surface area contributed by atoms with Gasteiger partial charge in [0.15, 0.2) is 0 Å². The summed E-state index contributed by atoms with van der Waals surface area (Å²) in [5, 5.41) is 3.52. The van der Waals surface area contributed by atoms with Crippen LogP contribution in [0.2, 0.25) is 0 Å². The minimum absolute atomic E-state index is 0.315. The smallest absolute Gasteiger partial charge is 0.0485 e. The zero-order valence-corrected chi connectivity index (χ0v) is 14.2. The lowest BCUT2D eigenvalue weighted by atomic mass is 9.79. The standard InChI is InChI=1S/C18H21BrN2/c1-12-9-14(11-15(19)10-12)17(20-2)16-7-3-5-13-6-4-8-21-18(13)16/h4,6,8-11,16-17,20H,3,5,7H2,1-2H3. The Morgan fingerprint density at radius 1 is 1.33 bits per heavy atom. The first-order valence-electron chi connectivity index (χ1n) is 7.57. The van der Waals surface area contributed by atoms with Crippen LogP contribution >= 0.6 is 15.9 Å². The Morgan fingerprint density at radius 3 is 2.95 bits per heavy atom. The molecule has 1 aromatic heterocycles. The molecule has 0 saturated carbocycles. The molecule has 0 bridgehead atoms. The average Bonchev–Trinajstić information content (AvgIpc) is 2.47. The van der Waals surface area contributed by atoms with Gasteiger partial charge in [-0.1, -0.05) is 28.1 Å². The topological polar surface area (TPSA) is 24.9 Å². The summed E-state index contributed by atoms with van der Waals surface area (Å²) < 4.78 is 1.15. The number of nitrogens with one attached hydrogen (secondary N) is 1. The first-order chi connectivity index (χ1) is 10.2. The molecule has 0 fully saturated rings. The molecular formula is C18H21BrN2. The third kappa shape index (κ3) is 3.04. The van der Waals surface area contributed by atoms with E-state index in [9.17, 15) is 0 Å². The summed E-state index contributed by atoms with van der Waals surface area (Å²) in [6.45, 7) is 2.15. The molecule has 1 aliphatic rings. The van der Waals surface area contributed by atoms with E-state index >= 15 is 0 Å². The summed E-state index contributed by atoms with van der Waals surface area (Å²) >= 11 is 3.62. The van der Waals surface area contributed by atoms with Crippen molar-refractivity contribution in [2.75, 3.05) is 7.05 Å². The first-order valence-corrected chi connectivity index (χ1v) is 8.36. The molecule has 21 heavy (non-hydrogen) atoms. The van der Waals surface area contributed by atoms with Crippen molar-refractivity contribution in [3.05, 3.63) is 63.4 Å². The van der Waals surface area contributed by atoms with Crippen LogP contribution in [0.5, 0.6) is 0 Å². The molecule has 0 spiro atoms. The lowest BCUT2D eigenvalue weighted by Crippen LogP contribution is -2.27. The molecule has 0 aliphatic heterocycles. The summed E-state index contributed by atoms with van der Waals surface area (Å²) in [5.74, 6) is 0.452. The van der Waals surface area contributed by atoms with Crippen LogP contribution in [0.25, 0.3) is 0 Å². The van der Waals surface area contributed by atoms with Crippen LogP contribution in [0, 0.1) is 6.92 Å². The fourth-order valence-corrected chi connectivity index (χ4v) is 4.14. The third-order valence-electron chi connectivity index (χ3n) is 4.38. The summed E-state index contributed by atoms with van der Waals surface area (Å²) in [5.41, 5.74) is 5.33. The Hall–Kier alpha value is -1.19. The van der Waals surface area contributed by atoms with E-state index in [0.717, 1.165) is 10.9 Å². The van der Waals surface area contributed by atoms with E-state index in [0.29, 0.717) is 12.0 Å². The largest absolute Gasteiger partial charge is 0.312 e. The Morgan fingerprint density at radius 2 is 2.19 bits per heavy atom. The normalized spacial score (nSPS) is 19.1. The van der Waals surface area contributed by atoms with Gasteiger partial charge in [0, 0.05) is 28.3 Å². The van der Waals surface area contributed by atoms with Crippen LogP contribution in [-0.2, 0) is 6.42 Å². The molecule has 0 saturated heterocycles. The zero-order valence-electron chi connectivity index (χ0n) is 12.6. The number of aromatic nitrogens is 1. The van der Waals surface area contributed by atoms with Crippen LogP contribution in [-0.4, -0.2) is 12.0 Å². The molecule has 1 heterocycles. The van der Waals surface area contributed by atoms with Crippen LogP contribution in [0.3, 0.4) is 0 Å². The summed E-state index contributed by atoms with van der Waals surface area (Å²) in [6.07, 6.45) is 5.53. The van der Waals surface area contributed by atoms with Gasteiger partial charge in [-0.25, -0.2) is 0 Å². The average molecular weight is 345 g/mol. The quantitative estimate of drug-likeness (QED) is 0.884. The SMILES string of the molecule is CNC(c1cc(C)cc(Br)c1)C1CCCc2cccnc21. The highest BCUT2D eigenvalue weighted by atomic mass is 79.9. The molecular weight excluding hydrogens is 324 g/mol. The van der Waals surface area contributed by atoms with E-state index in [-0.39, 0.29) is 0 Å². The lowest BCUT2D eigenvalue weighted by Gasteiger charge is -2.32. The second kappa shape index (κ2) is 6.29. The molecule has 2 atom stereocenters. The molecule has 110 valence electrons. The van der Waals surface area contributed by atoms with Gasteiger partial charge in [-0.15, -0.1) is 0 Å². The number of hydrogen-bond donors (Lipinski definition) is 1. The second-order valence-corrected chi connectivity index (χ2v) is 6.79. The van der Waals surface area contributed by atoms with Gasteiger partial charge in [-0.05, 0) is 68.1 Å². The molecule has 1 N–H and O–H groups in total. The molecule has 1 aliphatic carbocycles. The van der Waals surface area contributed by atoms with Crippen LogP contribution in [0.4, 0.5) is 0 Å². The Balaban J connectivity index is 2.01. The predicted molar refractivity (Wildman–Crippen MR) is 90.6 cm³/mol. The molecule has 2 unspecified atom stereocenters. The van der Waals surface area contributed by atoms with Gasteiger partial charge >= 0.3 is 0 Å². The van der Waals surface area contributed by atoms with Crippen molar-refractivity contribution in [3.8, 4) is 0 Å². The number of pyridine rings is 1. The van der Waals surface area contributed by atoms with E-state index in [1.165, 1.54) is 35.2 Å². The minimum Gasteiger partial charge on any atom is -0.312 e. The van der Waals surface area contributed by atoms with Gasteiger partial charge in [0.2, 0.25) is 0 Å². The van der Waals surface area contributed by atoms with E-state index < -0.39 is 0 Å². The molecule has 0 radical (unpaired) electrons. The van der Waals surface area contributed by atoms with Crippen molar-refractivity contribution in [1.29, 1.82) is 0 Å². The highest BCUT2D eigenvalue weighted by Crippen LogP contribution is 2.39. The number of nitrogens with zero attached hydrogens (tertiary/aromatic N) is 1. The van der Waals surface area contributed by atoms with Gasteiger partial charge in [0.1, 0.15) is 0 Å². The number of hydrogen-bond acceptors (Lipinski definition) is 2. The van der Waals surface area contributed by atoms with E-state index in [1.807, 2.05) is 6.20 Å². The predicted octanol–water partition coefficient (Wildman–Crippen LogP) is 4.53. The fraction of sp³-hybridized carbons (Fsp3) is 0.389. The van der Waals surface area contributed by atoms with E-state index in [4.69, 9.17) is 0 Å². The Bertz CT molecular complexity index is 619. The Kier molecular flexibility index (Phi) is 4.41. The van der Waals surface area contributed by atoms with Gasteiger partial charge in [0.05, 0.1) is 0 Å². The zero-order chi connectivity index (χ0) is 14.8. The van der Waals surface area contributed by atoms with Crippen LogP contribution < -0.4 is 5.32 Å². The van der Waals surface area contributed by atoms with Crippen molar-refractivity contribution in [3.63, 3.8) is 0 Å². The van der Waals surface area contributed by atoms with Crippen LogP contribution in [0.15, 0.2) is 41.0 Å². The first kappa shape index (κ1) is 14.7. The summed E-state index contributed by atoms with van der Waals surface area (Å²) in [7, 11) is 2.05. The fourth-order valence-electron chi connectivity index (χ4n) is 3.51. The third-order valence-corrected chi connectivity index (χ3v) is 4.83. The number of aryl methyl sites for hydroxylation is 2. The molecule has 0 amide bonds. The number of likely N-dealkylation sites (N-methyl/N-ethyl adjacent to an activating group) is 1. The number of fused-ring (bicyclic) bond motifs is 1. The van der Waals surface area contributed by atoms with Crippen molar-refractivity contribution < 1.29 is 0 Å². The summed E-state index contributed by atoms with van der Waals surface area (Å²) in [6, 6.07) is 11.3. The monoisotopic (exact) mass is 344 g/mol. The van der Waals surface area contributed by atoms with Crippen molar-refractivity contribution in [1.82, 2.24) is 10.3 Å². The molecule has 2 aromatic rings. The van der Waals surface area contributed by atoms with Crippen molar-refractivity contribution >= 4 is 15.9 Å². The van der Waals surface area contributed by atoms with Crippen molar-refractivity contribution in [2.45, 2.75) is 38.1 Å². The van der Waals surface area contributed by atoms with Gasteiger partial charge < -0.3 is 5.32 Å². The maximum Gasteiger partial charge on any atom is 0.0485 e. The van der Waals surface area contributed by atoms with E-state index in [2.05, 4.69) is 70.5 Å². The second-order valence-electron chi connectivity index (χ2n) is 5.87. The number of benzene rings is 1. The molecule has 2 nitrogen and oxygen atoms in total. The number of halogens is 1. The van der Waals surface area contributed by atoms with E-state index in [1.54, 1.807) is 0 Å². The Labute approximate surface area is 135 Å². The maximum absolute atomic E-state index is 4.69. The molecule has 3 heteroatoms. The molecule has 3 rings (SSSR count). The minimum atomic E-state index is 0.315. The number of rotatable bonds is 3. The van der Waals surface area contributed by atoms with Gasteiger partial charge in [-0.3, -0.25) is 4.98 Å². The van der Waals surface area contributed by atoms with Gasteiger partial charge in [0.25, 0.3) is 0 Å². The molecule has 1 aromatic carbocycles. The maximum atomic E-state index is 4.69. The van der Waals surface area contributed by atoms with Crippen molar-refractivity contribution in [2.24, 2.45) is 0 Å². The highest BCUT2D eigenvalue weighted by molar-refractivity contribution is 9.10. The highest BCUT2D eigenvalue weighted by Gasteiger charge is 2.29. The summed E-state index contributed by atoms with van der Waals surface area (Å²) in [4.78, 5) is 4.69.